The molecule has 0 bridgehead atoms. The van der Waals surface area contributed by atoms with Crippen LogP contribution in [0.4, 0.5) is 0 Å². The van der Waals surface area contributed by atoms with E-state index in [1.165, 1.54) is 4.70 Å². The van der Waals surface area contributed by atoms with Gasteiger partial charge in [0.1, 0.15) is 11.6 Å². The molecular weight excluding hydrogens is 457 g/mol. The van der Waals surface area contributed by atoms with Crippen LogP contribution in [0.15, 0.2) is 66.7 Å². The summed E-state index contributed by atoms with van der Waals surface area (Å²) in [5.74, 6) is 1.49. The van der Waals surface area contributed by atoms with Gasteiger partial charge in [0, 0.05) is 5.56 Å². The van der Waals surface area contributed by atoms with Crippen molar-refractivity contribution >= 4 is 44.1 Å². The summed E-state index contributed by atoms with van der Waals surface area (Å²) in [6.07, 6.45) is 0. The number of ether oxygens (including phenoxy) is 2. The van der Waals surface area contributed by atoms with Crippen molar-refractivity contribution in [2.75, 3.05) is 7.11 Å². The molecule has 0 saturated carbocycles. The molecular formula is C21H16INO2S. The van der Waals surface area contributed by atoms with Crippen LogP contribution < -0.4 is 9.47 Å². The fourth-order valence-electron chi connectivity index (χ4n) is 2.71. The monoisotopic (exact) mass is 473 g/mol. The molecule has 0 aliphatic carbocycles. The molecule has 0 fully saturated rings. The van der Waals surface area contributed by atoms with E-state index in [1.54, 1.807) is 18.4 Å². The van der Waals surface area contributed by atoms with E-state index in [-0.39, 0.29) is 0 Å². The highest BCUT2D eigenvalue weighted by molar-refractivity contribution is 14.1. The SMILES string of the molecule is COc1cc(-c2nc3ccccc3s2)cc(I)c1OCc1ccccc1. The Morgan fingerprint density at radius 1 is 1.00 bits per heavy atom. The predicted octanol–water partition coefficient (Wildman–Crippen LogP) is 6.16. The molecule has 0 saturated heterocycles. The second-order valence-corrected chi connectivity index (χ2v) is 7.94. The molecule has 0 amide bonds. The minimum Gasteiger partial charge on any atom is -0.493 e. The molecule has 0 unspecified atom stereocenters. The average molecular weight is 473 g/mol. The topological polar surface area (TPSA) is 31.4 Å². The van der Waals surface area contributed by atoms with Crippen molar-refractivity contribution in [1.82, 2.24) is 4.98 Å². The average Bonchev–Trinajstić information content (AvgIpc) is 3.11. The van der Waals surface area contributed by atoms with Gasteiger partial charge < -0.3 is 9.47 Å². The van der Waals surface area contributed by atoms with Crippen LogP contribution in [0.5, 0.6) is 11.5 Å². The van der Waals surface area contributed by atoms with Crippen LogP contribution in [0.3, 0.4) is 0 Å². The van der Waals surface area contributed by atoms with E-state index in [0.29, 0.717) is 6.61 Å². The fraction of sp³-hybridized carbons (Fsp3) is 0.0952. The molecule has 26 heavy (non-hydrogen) atoms. The first kappa shape index (κ1) is 17.3. The number of methoxy groups -OCH3 is 1. The molecule has 130 valence electrons. The highest BCUT2D eigenvalue weighted by atomic mass is 127. The molecule has 3 nitrogen and oxygen atoms in total. The van der Waals surface area contributed by atoms with Gasteiger partial charge in [0.2, 0.25) is 0 Å². The van der Waals surface area contributed by atoms with Crippen LogP contribution in [0, 0.1) is 3.57 Å². The summed E-state index contributed by atoms with van der Waals surface area (Å²) in [6, 6.07) is 22.4. The standard InChI is InChI=1S/C21H16INO2S/c1-24-18-12-15(21-23-17-9-5-6-10-19(17)26-21)11-16(22)20(18)25-13-14-7-3-2-4-8-14/h2-12H,13H2,1H3. The van der Waals surface area contributed by atoms with Crippen LogP contribution in [-0.2, 0) is 6.61 Å². The van der Waals surface area contributed by atoms with Crippen molar-refractivity contribution in [2.45, 2.75) is 6.61 Å². The highest BCUT2D eigenvalue weighted by Gasteiger charge is 2.15. The molecule has 4 rings (SSSR count). The van der Waals surface area contributed by atoms with Gasteiger partial charge >= 0.3 is 0 Å². The number of hydrogen-bond donors (Lipinski definition) is 0. The lowest BCUT2D eigenvalue weighted by Crippen LogP contribution is -2.00. The van der Waals surface area contributed by atoms with E-state index >= 15 is 0 Å². The van der Waals surface area contributed by atoms with E-state index in [0.717, 1.165) is 36.7 Å². The summed E-state index contributed by atoms with van der Waals surface area (Å²) in [6.45, 7) is 0.508. The number of hydrogen-bond acceptors (Lipinski definition) is 4. The van der Waals surface area contributed by atoms with Crippen LogP contribution in [0.1, 0.15) is 5.56 Å². The van der Waals surface area contributed by atoms with Crippen molar-refractivity contribution in [3.63, 3.8) is 0 Å². The molecule has 0 atom stereocenters. The zero-order valence-corrected chi connectivity index (χ0v) is 17.1. The minimum absolute atomic E-state index is 0.508. The Hall–Kier alpha value is -2.12. The summed E-state index contributed by atoms with van der Waals surface area (Å²) in [5, 5.41) is 0.983. The molecule has 1 heterocycles. The Morgan fingerprint density at radius 2 is 1.77 bits per heavy atom. The normalized spacial score (nSPS) is 10.8. The van der Waals surface area contributed by atoms with E-state index in [9.17, 15) is 0 Å². The molecule has 0 spiro atoms. The Labute approximate surface area is 169 Å². The molecule has 0 aliphatic rings. The van der Waals surface area contributed by atoms with Crippen molar-refractivity contribution in [3.8, 4) is 22.1 Å². The molecule has 5 heteroatoms. The maximum atomic E-state index is 6.05. The fourth-order valence-corrected chi connectivity index (χ4v) is 4.42. The summed E-state index contributed by atoms with van der Waals surface area (Å²) >= 11 is 3.98. The van der Waals surface area contributed by atoms with Crippen molar-refractivity contribution < 1.29 is 9.47 Å². The highest BCUT2D eigenvalue weighted by Crippen LogP contribution is 2.39. The van der Waals surface area contributed by atoms with Crippen LogP contribution in [-0.4, -0.2) is 12.1 Å². The summed E-state index contributed by atoms with van der Waals surface area (Å²) in [7, 11) is 1.67. The van der Waals surface area contributed by atoms with Gasteiger partial charge in [-0.3, -0.25) is 0 Å². The molecule has 4 aromatic rings. The first-order valence-electron chi connectivity index (χ1n) is 8.15. The van der Waals surface area contributed by atoms with Gasteiger partial charge in [0.05, 0.1) is 20.9 Å². The van der Waals surface area contributed by atoms with E-state index in [1.807, 2.05) is 42.5 Å². The van der Waals surface area contributed by atoms with Crippen LogP contribution >= 0.6 is 33.9 Å². The van der Waals surface area contributed by atoms with Gasteiger partial charge in [-0.1, -0.05) is 42.5 Å². The van der Waals surface area contributed by atoms with E-state index < -0.39 is 0 Å². The number of thiazole rings is 1. The van der Waals surface area contributed by atoms with Gasteiger partial charge in [-0.05, 0) is 52.4 Å². The summed E-state index contributed by atoms with van der Waals surface area (Å²) in [4.78, 5) is 4.74. The lowest BCUT2D eigenvalue weighted by molar-refractivity contribution is 0.282. The molecule has 1 aromatic heterocycles. The molecule has 0 aliphatic heterocycles. The molecule has 3 aromatic carbocycles. The lowest BCUT2D eigenvalue weighted by atomic mass is 10.2. The van der Waals surface area contributed by atoms with Gasteiger partial charge in [-0.2, -0.15) is 0 Å². The Kier molecular flexibility index (Phi) is 5.08. The summed E-state index contributed by atoms with van der Waals surface area (Å²) < 4.78 is 13.8. The van der Waals surface area contributed by atoms with Gasteiger partial charge in [-0.15, -0.1) is 11.3 Å². The van der Waals surface area contributed by atoms with E-state index in [2.05, 4.69) is 46.9 Å². The smallest absolute Gasteiger partial charge is 0.174 e. The van der Waals surface area contributed by atoms with Gasteiger partial charge in [0.15, 0.2) is 11.5 Å². The third-order valence-corrected chi connectivity index (χ3v) is 5.88. The maximum Gasteiger partial charge on any atom is 0.174 e. The number of halogens is 1. The second kappa shape index (κ2) is 7.63. The predicted molar refractivity (Wildman–Crippen MR) is 115 cm³/mol. The zero-order chi connectivity index (χ0) is 17.9. The largest absolute Gasteiger partial charge is 0.493 e. The van der Waals surface area contributed by atoms with Crippen LogP contribution in [0.25, 0.3) is 20.8 Å². The van der Waals surface area contributed by atoms with Gasteiger partial charge in [0.25, 0.3) is 0 Å². The zero-order valence-electron chi connectivity index (χ0n) is 14.1. The first-order chi connectivity index (χ1) is 12.7. The Balaban J connectivity index is 1.67. The van der Waals surface area contributed by atoms with Gasteiger partial charge in [-0.25, -0.2) is 4.98 Å². The molecule has 0 radical (unpaired) electrons. The number of aromatic nitrogens is 1. The van der Waals surface area contributed by atoms with Crippen molar-refractivity contribution in [2.24, 2.45) is 0 Å². The second-order valence-electron chi connectivity index (χ2n) is 5.75. The third-order valence-electron chi connectivity index (χ3n) is 4.00. The summed E-state index contributed by atoms with van der Waals surface area (Å²) in [5.41, 5.74) is 3.19. The lowest BCUT2D eigenvalue weighted by Gasteiger charge is -2.14. The number of para-hydroxylation sites is 1. The minimum atomic E-state index is 0.508. The number of fused-ring (bicyclic) bond motifs is 1. The first-order valence-corrected chi connectivity index (χ1v) is 10.0. The Bertz CT molecular complexity index is 1010. The van der Waals surface area contributed by atoms with E-state index in [4.69, 9.17) is 14.5 Å². The number of nitrogens with zero attached hydrogens (tertiary/aromatic N) is 1. The third kappa shape index (κ3) is 3.54. The quantitative estimate of drug-likeness (QED) is 0.326. The maximum absolute atomic E-state index is 6.05. The number of benzene rings is 3. The van der Waals surface area contributed by atoms with Crippen molar-refractivity contribution in [3.05, 3.63) is 75.9 Å². The molecule has 0 N–H and O–H groups in total. The Morgan fingerprint density at radius 3 is 2.54 bits per heavy atom. The van der Waals surface area contributed by atoms with Crippen molar-refractivity contribution in [1.29, 1.82) is 0 Å². The number of rotatable bonds is 5. The van der Waals surface area contributed by atoms with Crippen LogP contribution in [0.2, 0.25) is 0 Å².